The molecule has 2 aromatic heterocycles. The Morgan fingerprint density at radius 2 is 2.22 bits per heavy atom. The Labute approximate surface area is 135 Å². The van der Waals surface area contributed by atoms with Crippen LogP contribution in [0.4, 0.5) is 4.79 Å². The number of urea groups is 1. The summed E-state index contributed by atoms with van der Waals surface area (Å²) in [6.45, 7) is 3.02. The van der Waals surface area contributed by atoms with Gasteiger partial charge in [-0.2, -0.15) is 5.10 Å². The zero-order valence-corrected chi connectivity index (χ0v) is 13.4. The molecule has 1 aliphatic rings. The van der Waals surface area contributed by atoms with Gasteiger partial charge in [-0.15, -0.1) is 10.2 Å². The molecule has 0 spiro atoms. The zero-order chi connectivity index (χ0) is 16.1. The topological polar surface area (TPSA) is 80.9 Å². The standard InChI is InChI=1S/C15H23N7O/c1-20-12-17-19-14(20)13-4-10-21(11-5-13)15(23)16-6-2-8-22-9-3-7-18-22/h3,7,9,12-13H,2,4-6,8,10-11H2,1H3,(H,16,23). The van der Waals surface area contributed by atoms with Crippen molar-refractivity contribution in [2.75, 3.05) is 19.6 Å². The molecule has 0 unspecified atom stereocenters. The van der Waals surface area contributed by atoms with Gasteiger partial charge in [0.25, 0.3) is 0 Å². The van der Waals surface area contributed by atoms with Crippen LogP contribution in [-0.4, -0.2) is 55.1 Å². The van der Waals surface area contributed by atoms with Crippen LogP contribution in [-0.2, 0) is 13.6 Å². The number of likely N-dealkylation sites (tertiary alicyclic amines) is 1. The molecule has 23 heavy (non-hydrogen) atoms. The second kappa shape index (κ2) is 7.26. The van der Waals surface area contributed by atoms with E-state index in [-0.39, 0.29) is 6.03 Å². The van der Waals surface area contributed by atoms with E-state index in [1.807, 2.05) is 33.5 Å². The molecule has 124 valence electrons. The van der Waals surface area contributed by atoms with Crippen molar-refractivity contribution >= 4 is 6.03 Å². The van der Waals surface area contributed by atoms with Gasteiger partial charge < -0.3 is 14.8 Å². The summed E-state index contributed by atoms with van der Waals surface area (Å²) in [5.41, 5.74) is 0. The lowest BCUT2D eigenvalue weighted by molar-refractivity contribution is 0.179. The summed E-state index contributed by atoms with van der Waals surface area (Å²) < 4.78 is 3.84. The Hall–Kier alpha value is -2.38. The third-order valence-corrected chi connectivity index (χ3v) is 4.29. The van der Waals surface area contributed by atoms with Crippen molar-refractivity contribution in [3.8, 4) is 0 Å². The summed E-state index contributed by atoms with van der Waals surface area (Å²) in [5, 5.41) is 15.2. The third kappa shape index (κ3) is 3.88. The number of amides is 2. The predicted octanol–water partition coefficient (Wildman–Crippen LogP) is 0.991. The van der Waals surface area contributed by atoms with Gasteiger partial charge in [0.2, 0.25) is 0 Å². The quantitative estimate of drug-likeness (QED) is 0.834. The second-order valence-corrected chi connectivity index (χ2v) is 5.92. The van der Waals surface area contributed by atoms with E-state index in [1.165, 1.54) is 0 Å². The molecule has 0 saturated carbocycles. The maximum atomic E-state index is 12.2. The van der Waals surface area contributed by atoms with Gasteiger partial charge in [0.15, 0.2) is 0 Å². The van der Waals surface area contributed by atoms with E-state index in [9.17, 15) is 4.79 Å². The molecule has 1 N–H and O–H groups in total. The minimum atomic E-state index is 0.0295. The lowest BCUT2D eigenvalue weighted by Crippen LogP contribution is -2.44. The monoisotopic (exact) mass is 317 g/mol. The van der Waals surface area contributed by atoms with Crippen molar-refractivity contribution in [1.82, 2.24) is 34.8 Å². The summed E-state index contributed by atoms with van der Waals surface area (Å²) in [7, 11) is 1.97. The Morgan fingerprint density at radius 3 is 2.87 bits per heavy atom. The molecule has 0 aliphatic carbocycles. The van der Waals surface area contributed by atoms with E-state index >= 15 is 0 Å². The van der Waals surface area contributed by atoms with Gasteiger partial charge in [0, 0.05) is 51.5 Å². The minimum absolute atomic E-state index is 0.0295. The largest absolute Gasteiger partial charge is 0.338 e. The number of hydrogen-bond acceptors (Lipinski definition) is 4. The fraction of sp³-hybridized carbons (Fsp3) is 0.600. The number of nitrogens with one attached hydrogen (secondary N) is 1. The highest BCUT2D eigenvalue weighted by Crippen LogP contribution is 2.25. The third-order valence-electron chi connectivity index (χ3n) is 4.29. The fourth-order valence-corrected chi connectivity index (χ4v) is 2.98. The molecular weight excluding hydrogens is 294 g/mol. The van der Waals surface area contributed by atoms with Crippen molar-refractivity contribution in [2.24, 2.45) is 7.05 Å². The molecule has 2 aromatic rings. The Bertz CT molecular complexity index is 614. The Balaban J connectivity index is 1.37. The van der Waals surface area contributed by atoms with E-state index in [0.717, 1.165) is 44.7 Å². The van der Waals surface area contributed by atoms with Crippen LogP contribution in [0.3, 0.4) is 0 Å². The van der Waals surface area contributed by atoms with Crippen LogP contribution in [0.2, 0.25) is 0 Å². The molecule has 0 radical (unpaired) electrons. The van der Waals surface area contributed by atoms with Crippen molar-refractivity contribution in [1.29, 1.82) is 0 Å². The SMILES string of the molecule is Cn1cnnc1C1CCN(C(=O)NCCCn2cccn2)CC1. The highest BCUT2D eigenvalue weighted by molar-refractivity contribution is 5.74. The molecule has 8 nitrogen and oxygen atoms in total. The smallest absolute Gasteiger partial charge is 0.317 e. The molecule has 8 heteroatoms. The summed E-state index contributed by atoms with van der Waals surface area (Å²) in [4.78, 5) is 14.1. The van der Waals surface area contributed by atoms with Gasteiger partial charge in [-0.3, -0.25) is 4.68 Å². The molecule has 3 rings (SSSR count). The molecule has 1 fully saturated rings. The molecule has 0 aromatic carbocycles. The number of piperidine rings is 1. The number of aromatic nitrogens is 5. The first-order chi connectivity index (χ1) is 11.2. The van der Waals surface area contributed by atoms with Crippen molar-refractivity contribution in [3.05, 3.63) is 30.6 Å². The average molecular weight is 317 g/mol. The minimum Gasteiger partial charge on any atom is -0.338 e. The lowest BCUT2D eigenvalue weighted by atomic mass is 9.96. The predicted molar refractivity (Wildman–Crippen MR) is 84.8 cm³/mol. The number of hydrogen-bond donors (Lipinski definition) is 1. The van der Waals surface area contributed by atoms with E-state index in [0.29, 0.717) is 12.5 Å². The van der Waals surface area contributed by atoms with Crippen molar-refractivity contribution in [3.63, 3.8) is 0 Å². The second-order valence-electron chi connectivity index (χ2n) is 5.92. The summed E-state index contributed by atoms with van der Waals surface area (Å²) in [6.07, 6.45) is 8.18. The maximum Gasteiger partial charge on any atom is 0.317 e. The molecule has 1 aliphatic heterocycles. The summed E-state index contributed by atoms with van der Waals surface area (Å²) in [5.74, 6) is 1.41. The van der Waals surface area contributed by atoms with Gasteiger partial charge >= 0.3 is 6.03 Å². The first-order valence-electron chi connectivity index (χ1n) is 8.08. The van der Waals surface area contributed by atoms with E-state index in [4.69, 9.17) is 0 Å². The van der Waals surface area contributed by atoms with Crippen molar-refractivity contribution < 1.29 is 4.79 Å². The molecule has 3 heterocycles. The molecule has 0 atom stereocenters. The van der Waals surface area contributed by atoms with Crippen LogP contribution < -0.4 is 5.32 Å². The molecular formula is C15H23N7O. The van der Waals surface area contributed by atoms with Crippen LogP contribution in [0.5, 0.6) is 0 Å². The van der Waals surface area contributed by atoms with Crippen LogP contribution in [0, 0.1) is 0 Å². The number of carbonyl (C=O) groups excluding carboxylic acids is 1. The van der Waals surface area contributed by atoms with Gasteiger partial charge in [-0.1, -0.05) is 0 Å². The summed E-state index contributed by atoms with van der Waals surface area (Å²) in [6, 6.07) is 1.93. The van der Waals surface area contributed by atoms with Gasteiger partial charge in [-0.25, -0.2) is 4.79 Å². The molecule has 2 amide bonds. The van der Waals surface area contributed by atoms with Crippen molar-refractivity contribution in [2.45, 2.75) is 31.7 Å². The first-order valence-corrected chi connectivity index (χ1v) is 8.08. The van der Waals surface area contributed by atoms with Gasteiger partial charge in [-0.05, 0) is 25.3 Å². The molecule has 0 bridgehead atoms. The normalized spacial score (nSPS) is 15.8. The Morgan fingerprint density at radius 1 is 1.39 bits per heavy atom. The Kier molecular flexibility index (Phi) is 4.89. The number of carbonyl (C=O) groups is 1. The number of aryl methyl sites for hydroxylation is 2. The van der Waals surface area contributed by atoms with E-state index < -0.39 is 0 Å². The van der Waals surface area contributed by atoms with Gasteiger partial charge in [0.05, 0.1) is 0 Å². The maximum absolute atomic E-state index is 12.2. The summed E-state index contributed by atoms with van der Waals surface area (Å²) >= 11 is 0. The van der Waals surface area contributed by atoms with Crippen LogP contribution in [0.25, 0.3) is 0 Å². The first kappa shape index (κ1) is 15.5. The molecule has 1 saturated heterocycles. The van der Waals surface area contributed by atoms with Crippen LogP contribution >= 0.6 is 0 Å². The highest BCUT2D eigenvalue weighted by Gasteiger charge is 2.26. The van der Waals surface area contributed by atoms with E-state index in [2.05, 4.69) is 20.6 Å². The van der Waals surface area contributed by atoms with Crippen LogP contribution in [0.15, 0.2) is 24.8 Å². The van der Waals surface area contributed by atoms with Gasteiger partial charge in [0.1, 0.15) is 12.2 Å². The number of nitrogens with zero attached hydrogens (tertiary/aromatic N) is 6. The number of rotatable bonds is 5. The van der Waals surface area contributed by atoms with E-state index in [1.54, 1.807) is 12.5 Å². The average Bonchev–Trinajstić information content (AvgIpc) is 3.23. The van der Waals surface area contributed by atoms with Crippen LogP contribution in [0.1, 0.15) is 31.0 Å². The fourth-order valence-electron chi connectivity index (χ4n) is 2.98. The highest BCUT2D eigenvalue weighted by atomic mass is 16.2. The lowest BCUT2D eigenvalue weighted by Gasteiger charge is -2.31. The zero-order valence-electron chi connectivity index (χ0n) is 13.4.